The Morgan fingerprint density at radius 2 is 1.69 bits per heavy atom. The SMILES string of the molecule is COc1ccccc1CCNC(=O)c1cn(Cc2cccc(F)c2)nc1OCc1cccc(F)c1. The molecule has 0 saturated carbocycles. The van der Waals surface area contributed by atoms with E-state index in [0.29, 0.717) is 24.1 Å². The number of nitrogens with zero attached hydrogens (tertiary/aromatic N) is 2. The molecule has 3 aromatic carbocycles. The summed E-state index contributed by atoms with van der Waals surface area (Å²) < 4.78 is 39.8. The largest absolute Gasteiger partial charge is 0.496 e. The summed E-state index contributed by atoms with van der Waals surface area (Å²) in [6.07, 6.45) is 2.14. The van der Waals surface area contributed by atoms with Gasteiger partial charge in [-0.2, -0.15) is 0 Å². The first-order valence-electron chi connectivity index (χ1n) is 11.1. The Morgan fingerprint density at radius 3 is 2.43 bits per heavy atom. The number of rotatable bonds is 10. The fourth-order valence-electron chi connectivity index (χ4n) is 3.66. The van der Waals surface area contributed by atoms with Crippen molar-refractivity contribution in [3.63, 3.8) is 0 Å². The lowest BCUT2D eigenvalue weighted by atomic mass is 10.1. The third kappa shape index (κ3) is 6.44. The molecule has 0 spiro atoms. The maximum Gasteiger partial charge on any atom is 0.258 e. The van der Waals surface area contributed by atoms with Gasteiger partial charge >= 0.3 is 0 Å². The average molecular weight is 478 g/mol. The van der Waals surface area contributed by atoms with Crippen LogP contribution in [0.15, 0.2) is 79.0 Å². The Hall–Kier alpha value is -4.20. The zero-order valence-electron chi connectivity index (χ0n) is 19.2. The molecule has 180 valence electrons. The summed E-state index contributed by atoms with van der Waals surface area (Å²) in [7, 11) is 1.60. The van der Waals surface area contributed by atoms with E-state index in [4.69, 9.17) is 9.47 Å². The summed E-state index contributed by atoms with van der Waals surface area (Å²) in [6, 6.07) is 19.8. The number of benzene rings is 3. The molecule has 0 aliphatic rings. The predicted octanol–water partition coefficient (Wildman–Crippen LogP) is 4.77. The van der Waals surface area contributed by atoms with E-state index in [1.807, 2.05) is 24.3 Å². The molecule has 4 aromatic rings. The van der Waals surface area contributed by atoms with Gasteiger partial charge in [0.2, 0.25) is 5.88 Å². The molecule has 1 heterocycles. The minimum absolute atomic E-state index is 0.0379. The molecule has 1 amide bonds. The van der Waals surface area contributed by atoms with Gasteiger partial charge in [0.25, 0.3) is 5.91 Å². The first-order chi connectivity index (χ1) is 17.0. The van der Waals surface area contributed by atoms with Crippen molar-refractivity contribution >= 4 is 5.91 Å². The molecule has 0 aliphatic heterocycles. The molecule has 1 N–H and O–H groups in total. The molecule has 1 aromatic heterocycles. The molecule has 0 bridgehead atoms. The molecule has 35 heavy (non-hydrogen) atoms. The standard InChI is InChI=1S/C27H25F2N3O3/c1-34-25-11-3-2-8-21(25)12-13-30-26(33)24-17-32(16-19-6-4-9-22(28)14-19)31-27(24)35-18-20-7-5-10-23(29)15-20/h2-11,14-15,17H,12-13,16,18H2,1H3,(H,30,33). The van der Waals surface area contributed by atoms with Crippen molar-refractivity contribution < 1.29 is 23.0 Å². The molecule has 6 nitrogen and oxygen atoms in total. The van der Waals surface area contributed by atoms with Crippen molar-refractivity contribution in [3.8, 4) is 11.6 Å². The second-order valence-corrected chi connectivity index (χ2v) is 7.91. The molecule has 8 heteroatoms. The molecular formula is C27H25F2N3O3. The zero-order chi connectivity index (χ0) is 24.6. The summed E-state index contributed by atoms with van der Waals surface area (Å²) in [5, 5.41) is 7.27. The first kappa shape index (κ1) is 23.9. The lowest BCUT2D eigenvalue weighted by Crippen LogP contribution is -2.26. The van der Waals surface area contributed by atoms with Crippen LogP contribution in [0.2, 0.25) is 0 Å². The van der Waals surface area contributed by atoms with Crippen LogP contribution in [-0.2, 0) is 19.6 Å². The van der Waals surface area contributed by atoms with Gasteiger partial charge in [-0.05, 0) is 53.4 Å². The topological polar surface area (TPSA) is 65.4 Å². The van der Waals surface area contributed by atoms with E-state index in [1.165, 1.54) is 28.9 Å². The van der Waals surface area contributed by atoms with E-state index in [9.17, 15) is 13.6 Å². The lowest BCUT2D eigenvalue weighted by molar-refractivity contribution is 0.0949. The summed E-state index contributed by atoms with van der Waals surface area (Å²) in [5.74, 6) is -0.229. The van der Waals surface area contributed by atoms with Crippen LogP contribution < -0.4 is 14.8 Å². The molecule has 0 aliphatic carbocycles. The number of hydrogen-bond acceptors (Lipinski definition) is 4. The Labute approximate surface area is 202 Å². The van der Waals surface area contributed by atoms with E-state index < -0.39 is 0 Å². The van der Waals surface area contributed by atoms with Gasteiger partial charge in [0.15, 0.2) is 0 Å². The minimum atomic E-state index is -0.378. The van der Waals surface area contributed by atoms with Crippen molar-refractivity contribution in [2.75, 3.05) is 13.7 Å². The van der Waals surface area contributed by atoms with Crippen molar-refractivity contribution in [2.24, 2.45) is 0 Å². The zero-order valence-corrected chi connectivity index (χ0v) is 19.2. The van der Waals surface area contributed by atoms with E-state index in [1.54, 1.807) is 37.6 Å². The highest BCUT2D eigenvalue weighted by Crippen LogP contribution is 2.20. The number of ether oxygens (including phenoxy) is 2. The Bertz CT molecular complexity index is 1310. The van der Waals surface area contributed by atoms with E-state index in [-0.39, 0.29) is 42.1 Å². The smallest absolute Gasteiger partial charge is 0.258 e. The highest BCUT2D eigenvalue weighted by Gasteiger charge is 2.19. The molecule has 0 atom stereocenters. The van der Waals surface area contributed by atoms with Crippen LogP contribution in [-0.4, -0.2) is 29.3 Å². The fourth-order valence-corrected chi connectivity index (χ4v) is 3.66. The number of para-hydroxylation sites is 1. The number of amides is 1. The van der Waals surface area contributed by atoms with Crippen LogP contribution in [0.5, 0.6) is 11.6 Å². The van der Waals surface area contributed by atoms with Crippen LogP contribution in [0, 0.1) is 11.6 Å². The number of methoxy groups -OCH3 is 1. The maximum atomic E-state index is 13.6. The molecule has 0 radical (unpaired) electrons. The van der Waals surface area contributed by atoms with E-state index in [2.05, 4.69) is 10.4 Å². The van der Waals surface area contributed by atoms with Crippen molar-refractivity contribution in [1.29, 1.82) is 0 Å². The highest BCUT2D eigenvalue weighted by molar-refractivity contribution is 5.96. The number of carbonyl (C=O) groups excluding carboxylic acids is 1. The maximum absolute atomic E-state index is 13.6. The van der Waals surface area contributed by atoms with Gasteiger partial charge in [-0.1, -0.05) is 42.5 Å². The van der Waals surface area contributed by atoms with Gasteiger partial charge in [-0.15, -0.1) is 5.10 Å². The number of aromatic nitrogens is 2. The molecule has 0 fully saturated rings. The Morgan fingerprint density at radius 1 is 0.971 bits per heavy atom. The number of halogens is 2. The summed E-state index contributed by atoms with van der Waals surface area (Å²) in [6.45, 7) is 0.663. The minimum Gasteiger partial charge on any atom is -0.496 e. The van der Waals surface area contributed by atoms with Crippen LogP contribution in [0.25, 0.3) is 0 Å². The normalized spacial score (nSPS) is 10.7. The second-order valence-electron chi connectivity index (χ2n) is 7.91. The summed E-state index contributed by atoms with van der Waals surface area (Å²) in [5.41, 5.74) is 2.50. The van der Waals surface area contributed by atoms with Crippen LogP contribution in [0.4, 0.5) is 8.78 Å². The summed E-state index contributed by atoms with van der Waals surface area (Å²) in [4.78, 5) is 13.0. The molecular weight excluding hydrogens is 452 g/mol. The quantitative estimate of drug-likeness (QED) is 0.357. The van der Waals surface area contributed by atoms with Crippen molar-refractivity contribution in [1.82, 2.24) is 15.1 Å². The van der Waals surface area contributed by atoms with Crippen molar-refractivity contribution in [2.45, 2.75) is 19.6 Å². The lowest BCUT2D eigenvalue weighted by Gasteiger charge is -2.09. The summed E-state index contributed by atoms with van der Waals surface area (Å²) >= 11 is 0. The molecule has 0 saturated heterocycles. The van der Waals surface area contributed by atoms with Crippen LogP contribution in [0.3, 0.4) is 0 Å². The van der Waals surface area contributed by atoms with E-state index in [0.717, 1.165) is 11.3 Å². The van der Waals surface area contributed by atoms with Gasteiger partial charge in [0.1, 0.15) is 29.6 Å². The van der Waals surface area contributed by atoms with Gasteiger partial charge in [0.05, 0.1) is 13.7 Å². The van der Waals surface area contributed by atoms with Gasteiger partial charge < -0.3 is 14.8 Å². The second kappa shape index (κ2) is 11.3. The van der Waals surface area contributed by atoms with Crippen LogP contribution in [0.1, 0.15) is 27.0 Å². The number of carbonyl (C=O) groups is 1. The van der Waals surface area contributed by atoms with Gasteiger partial charge in [-0.3, -0.25) is 9.48 Å². The predicted molar refractivity (Wildman–Crippen MR) is 127 cm³/mol. The Balaban J connectivity index is 1.49. The van der Waals surface area contributed by atoms with Crippen LogP contribution >= 0.6 is 0 Å². The third-order valence-corrected chi connectivity index (χ3v) is 5.34. The fraction of sp³-hybridized carbons (Fsp3) is 0.185. The highest BCUT2D eigenvalue weighted by atomic mass is 19.1. The first-order valence-corrected chi connectivity index (χ1v) is 11.1. The van der Waals surface area contributed by atoms with Crippen molar-refractivity contribution in [3.05, 3.63) is 113 Å². The number of nitrogens with one attached hydrogen (secondary N) is 1. The Kier molecular flexibility index (Phi) is 7.72. The average Bonchev–Trinajstić information content (AvgIpc) is 3.25. The molecule has 4 rings (SSSR count). The van der Waals surface area contributed by atoms with Gasteiger partial charge in [-0.25, -0.2) is 8.78 Å². The van der Waals surface area contributed by atoms with Gasteiger partial charge in [0, 0.05) is 12.7 Å². The van der Waals surface area contributed by atoms with E-state index >= 15 is 0 Å². The number of hydrogen-bond donors (Lipinski definition) is 1. The third-order valence-electron chi connectivity index (χ3n) is 5.34. The monoisotopic (exact) mass is 477 g/mol. The molecule has 0 unspecified atom stereocenters.